The Balaban J connectivity index is 1.51. The van der Waals surface area contributed by atoms with Crippen molar-refractivity contribution in [3.05, 3.63) is 53.8 Å². The van der Waals surface area contributed by atoms with Crippen molar-refractivity contribution in [3.8, 4) is 11.5 Å². The summed E-state index contributed by atoms with van der Waals surface area (Å²) in [6, 6.07) is 9.83. The third kappa shape index (κ3) is 6.76. The van der Waals surface area contributed by atoms with E-state index in [4.69, 9.17) is 19.9 Å². The highest BCUT2D eigenvalue weighted by Crippen LogP contribution is 2.31. The molecule has 0 saturated carbocycles. The topological polar surface area (TPSA) is 125 Å². The molecule has 3 rings (SSSR count). The van der Waals surface area contributed by atoms with Crippen molar-refractivity contribution in [1.82, 2.24) is 0 Å². The summed E-state index contributed by atoms with van der Waals surface area (Å²) in [6.45, 7) is 0.165. The van der Waals surface area contributed by atoms with Crippen LogP contribution in [0, 0.1) is 5.82 Å². The maximum Gasteiger partial charge on any atom is 0.306 e. The Morgan fingerprint density at radius 2 is 1.64 bits per heavy atom. The van der Waals surface area contributed by atoms with E-state index in [2.05, 4.69) is 0 Å². The fraction of sp³-hybridized carbons (Fsp3) is 0.304. The molecule has 1 heterocycles. The van der Waals surface area contributed by atoms with Crippen LogP contribution < -0.4 is 20.1 Å². The first-order valence-corrected chi connectivity index (χ1v) is 10.3. The summed E-state index contributed by atoms with van der Waals surface area (Å²) in [7, 11) is 0. The van der Waals surface area contributed by atoms with Crippen LogP contribution in [0.3, 0.4) is 0 Å². The Hall–Kier alpha value is -3.95. The minimum absolute atomic E-state index is 0.0556. The number of rotatable bonds is 10. The second kappa shape index (κ2) is 11.1. The third-order valence-corrected chi connectivity index (χ3v) is 4.80. The molecule has 174 valence electrons. The van der Waals surface area contributed by atoms with Gasteiger partial charge in [0.15, 0.2) is 23.9 Å². The standard InChI is InChI=1S/C23H23FN2O7/c24-16-2-4-17(5-3-16)26(10-9-21(25)28)22(29)14-33-23(30)8-6-18(27)15-1-7-19-20(13-15)32-12-11-31-19/h1-5,7,13H,6,8-12,14H2,(H2,25,28). The van der Waals surface area contributed by atoms with E-state index >= 15 is 0 Å². The number of nitrogens with zero attached hydrogens (tertiary/aromatic N) is 1. The number of hydrogen-bond acceptors (Lipinski definition) is 7. The fourth-order valence-electron chi connectivity index (χ4n) is 3.11. The lowest BCUT2D eigenvalue weighted by Crippen LogP contribution is -2.37. The smallest absolute Gasteiger partial charge is 0.306 e. The summed E-state index contributed by atoms with van der Waals surface area (Å²) >= 11 is 0. The molecule has 0 atom stereocenters. The van der Waals surface area contributed by atoms with Crippen molar-refractivity contribution in [2.45, 2.75) is 19.3 Å². The lowest BCUT2D eigenvalue weighted by molar-refractivity contribution is -0.147. The largest absolute Gasteiger partial charge is 0.486 e. The van der Waals surface area contributed by atoms with Crippen LogP contribution in [0.25, 0.3) is 0 Å². The molecule has 0 radical (unpaired) electrons. The number of ether oxygens (including phenoxy) is 3. The highest BCUT2D eigenvalue weighted by Gasteiger charge is 2.20. The van der Waals surface area contributed by atoms with Gasteiger partial charge in [0.1, 0.15) is 19.0 Å². The first-order valence-electron chi connectivity index (χ1n) is 10.3. The summed E-state index contributed by atoms with van der Waals surface area (Å²) in [6.07, 6.45) is -0.463. The van der Waals surface area contributed by atoms with E-state index in [-0.39, 0.29) is 31.6 Å². The van der Waals surface area contributed by atoms with Crippen LogP contribution in [-0.2, 0) is 19.1 Å². The average Bonchev–Trinajstić information content (AvgIpc) is 2.81. The quantitative estimate of drug-likeness (QED) is 0.426. The zero-order valence-electron chi connectivity index (χ0n) is 17.8. The summed E-state index contributed by atoms with van der Waals surface area (Å²) in [5, 5.41) is 0. The van der Waals surface area contributed by atoms with Gasteiger partial charge in [-0.3, -0.25) is 19.2 Å². The van der Waals surface area contributed by atoms with Gasteiger partial charge in [0.2, 0.25) is 5.91 Å². The van der Waals surface area contributed by atoms with Crippen molar-refractivity contribution in [3.63, 3.8) is 0 Å². The van der Waals surface area contributed by atoms with Gasteiger partial charge in [-0.1, -0.05) is 0 Å². The first kappa shape index (κ1) is 23.7. The van der Waals surface area contributed by atoms with Crippen LogP contribution in [0.4, 0.5) is 10.1 Å². The number of amides is 2. The van der Waals surface area contributed by atoms with Gasteiger partial charge in [0.05, 0.1) is 6.42 Å². The summed E-state index contributed by atoms with van der Waals surface area (Å²) < 4.78 is 29.0. The first-order chi connectivity index (χ1) is 15.8. The van der Waals surface area contributed by atoms with Crippen molar-refractivity contribution < 1.29 is 37.8 Å². The van der Waals surface area contributed by atoms with Crippen molar-refractivity contribution in [1.29, 1.82) is 0 Å². The van der Waals surface area contributed by atoms with Crippen LogP contribution in [0.5, 0.6) is 11.5 Å². The Morgan fingerprint density at radius 1 is 0.939 bits per heavy atom. The molecule has 0 bridgehead atoms. The van der Waals surface area contributed by atoms with Crippen molar-refractivity contribution in [2.24, 2.45) is 5.73 Å². The zero-order valence-corrected chi connectivity index (χ0v) is 17.8. The van der Waals surface area contributed by atoms with Gasteiger partial charge in [0, 0.05) is 30.6 Å². The van der Waals surface area contributed by atoms with Crippen molar-refractivity contribution in [2.75, 3.05) is 31.3 Å². The average molecular weight is 458 g/mol. The number of Topliss-reactive ketones (excluding diaryl/α,β-unsaturated/α-hetero) is 1. The van der Waals surface area contributed by atoms with E-state index in [0.717, 1.165) is 12.1 Å². The van der Waals surface area contributed by atoms with Gasteiger partial charge in [-0.15, -0.1) is 0 Å². The maximum absolute atomic E-state index is 13.2. The van der Waals surface area contributed by atoms with Gasteiger partial charge in [0.25, 0.3) is 5.91 Å². The number of primary amides is 1. The van der Waals surface area contributed by atoms with Crippen molar-refractivity contribution >= 4 is 29.3 Å². The number of esters is 1. The highest BCUT2D eigenvalue weighted by molar-refractivity contribution is 5.99. The van der Waals surface area contributed by atoms with Crippen LogP contribution in [0.1, 0.15) is 29.6 Å². The molecule has 2 aromatic rings. The number of ketones is 1. The second-order valence-electron chi connectivity index (χ2n) is 7.18. The molecule has 0 aromatic heterocycles. The van der Waals surface area contributed by atoms with E-state index in [1.54, 1.807) is 18.2 Å². The van der Waals surface area contributed by atoms with Crippen LogP contribution in [0.2, 0.25) is 0 Å². The number of benzene rings is 2. The molecular weight excluding hydrogens is 435 g/mol. The van der Waals surface area contributed by atoms with E-state index in [9.17, 15) is 23.6 Å². The van der Waals surface area contributed by atoms with E-state index in [1.807, 2.05) is 0 Å². The number of anilines is 1. The lowest BCUT2D eigenvalue weighted by Gasteiger charge is -2.22. The summed E-state index contributed by atoms with van der Waals surface area (Å²) in [5.74, 6) is -1.73. The molecular formula is C23H23FN2O7. The number of fused-ring (bicyclic) bond motifs is 1. The Bertz CT molecular complexity index is 1040. The van der Waals surface area contributed by atoms with Gasteiger partial charge in [-0.2, -0.15) is 0 Å². The fourth-order valence-corrected chi connectivity index (χ4v) is 3.11. The molecule has 0 saturated heterocycles. The van der Waals surface area contributed by atoms with Crippen LogP contribution >= 0.6 is 0 Å². The minimum atomic E-state index is -0.733. The molecule has 0 spiro atoms. The SMILES string of the molecule is NC(=O)CCN(C(=O)COC(=O)CCC(=O)c1ccc2c(c1)OCCO2)c1ccc(F)cc1. The highest BCUT2D eigenvalue weighted by atomic mass is 19.1. The Kier molecular flexibility index (Phi) is 7.96. The number of hydrogen-bond donors (Lipinski definition) is 1. The number of carbonyl (C=O) groups excluding carboxylic acids is 4. The Labute approximate surface area is 189 Å². The van der Waals surface area contributed by atoms with E-state index < -0.39 is 30.2 Å². The monoisotopic (exact) mass is 458 g/mol. The van der Waals surface area contributed by atoms with Crippen LogP contribution in [-0.4, -0.2) is 49.9 Å². The molecule has 2 N–H and O–H groups in total. The zero-order chi connectivity index (χ0) is 23.8. The number of nitrogens with two attached hydrogens (primary N) is 1. The number of halogens is 1. The molecule has 1 aliphatic heterocycles. The second-order valence-corrected chi connectivity index (χ2v) is 7.18. The number of carbonyl (C=O) groups is 4. The normalized spacial score (nSPS) is 12.0. The molecule has 10 heteroatoms. The molecule has 0 unspecified atom stereocenters. The van der Waals surface area contributed by atoms with E-state index in [0.29, 0.717) is 36.0 Å². The van der Waals surface area contributed by atoms with E-state index in [1.165, 1.54) is 17.0 Å². The molecule has 0 fully saturated rings. The summed E-state index contributed by atoms with van der Waals surface area (Å²) in [4.78, 5) is 49.3. The molecule has 2 amide bonds. The van der Waals surface area contributed by atoms with Gasteiger partial charge in [-0.25, -0.2) is 4.39 Å². The summed E-state index contributed by atoms with van der Waals surface area (Å²) in [5.41, 5.74) is 5.85. The predicted molar refractivity (Wildman–Crippen MR) is 115 cm³/mol. The third-order valence-electron chi connectivity index (χ3n) is 4.80. The lowest BCUT2D eigenvalue weighted by atomic mass is 10.1. The maximum atomic E-state index is 13.2. The van der Waals surface area contributed by atoms with Crippen LogP contribution in [0.15, 0.2) is 42.5 Å². The molecule has 9 nitrogen and oxygen atoms in total. The minimum Gasteiger partial charge on any atom is -0.486 e. The molecule has 33 heavy (non-hydrogen) atoms. The molecule has 2 aromatic carbocycles. The van der Waals surface area contributed by atoms with Gasteiger partial charge < -0.3 is 24.8 Å². The Morgan fingerprint density at radius 3 is 2.33 bits per heavy atom. The van der Waals surface area contributed by atoms with Gasteiger partial charge in [-0.05, 0) is 42.5 Å². The molecule has 1 aliphatic rings. The van der Waals surface area contributed by atoms with Gasteiger partial charge >= 0.3 is 5.97 Å². The predicted octanol–water partition coefficient (Wildman–Crippen LogP) is 2.01. The molecule has 0 aliphatic carbocycles.